The fourth-order valence-electron chi connectivity index (χ4n) is 0.749. The first-order valence-electron chi connectivity index (χ1n) is 2.88. The van der Waals surface area contributed by atoms with Crippen LogP contribution in [-0.2, 0) is 0 Å². The van der Waals surface area contributed by atoms with Crippen molar-refractivity contribution in [2.24, 2.45) is 5.73 Å². The summed E-state index contributed by atoms with van der Waals surface area (Å²) in [5.41, 5.74) is 5.71. The first-order valence-corrected chi connectivity index (χ1v) is 5.81. The Bertz CT molecular complexity index is 68.8. The van der Waals surface area contributed by atoms with Gasteiger partial charge in [0.25, 0.3) is 0 Å². The summed E-state index contributed by atoms with van der Waals surface area (Å²) in [6, 6.07) is 0. The molecule has 0 bridgehead atoms. The predicted octanol–water partition coefficient (Wildman–Crippen LogP) is 0.997. The maximum Gasteiger partial charge on any atom is 0.0305 e. The molecule has 0 radical (unpaired) electrons. The molecule has 0 saturated carbocycles. The van der Waals surface area contributed by atoms with Crippen molar-refractivity contribution in [2.75, 3.05) is 16.6 Å². The number of rotatable bonds is 1. The number of hydrogen-bond acceptors (Lipinski definition) is 2. The third-order valence-corrected chi connectivity index (χ3v) is 6.16. The molecule has 8 heavy (non-hydrogen) atoms. The van der Waals surface area contributed by atoms with Crippen LogP contribution in [0.5, 0.6) is 0 Å². The van der Waals surface area contributed by atoms with Gasteiger partial charge in [-0.25, -0.2) is 10.9 Å². The molecule has 1 aliphatic heterocycles. The lowest BCUT2D eigenvalue weighted by molar-refractivity contribution is 1.04. The lowest BCUT2D eigenvalue weighted by Crippen LogP contribution is -2.15. The third-order valence-electron chi connectivity index (χ3n) is 1.36. The van der Waals surface area contributed by atoms with Crippen LogP contribution in [0.3, 0.4) is 0 Å². The minimum atomic E-state index is 0.237. The Morgan fingerprint density at radius 3 is 2.75 bits per heavy atom. The highest BCUT2D eigenvalue weighted by atomic mass is 32.2. The van der Waals surface area contributed by atoms with E-state index in [1.54, 1.807) is 0 Å². The Balaban J connectivity index is 2.24. The van der Waals surface area contributed by atoms with E-state index in [4.69, 9.17) is 5.73 Å². The maximum absolute atomic E-state index is 5.71. The molecular weight excluding hydrogens is 138 g/mol. The molecule has 1 fully saturated rings. The van der Waals surface area contributed by atoms with Gasteiger partial charge in [-0.1, -0.05) is 0 Å². The van der Waals surface area contributed by atoms with Crippen molar-refractivity contribution >= 4 is 22.7 Å². The van der Waals surface area contributed by atoms with Crippen LogP contribution in [0.15, 0.2) is 0 Å². The standard InChI is InChI=1S/C5H13NS2/c1-5(6)8-3-2-7-4-8/h5,8H,2-4,6H2,1H3. The van der Waals surface area contributed by atoms with Crippen LogP contribution in [0.25, 0.3) is 0 Å². The van der Waals surface area contributed by atoms with Gasteiger partial charge in [0.05, 0.1) is 0 Å². The Labute approximate surface area is 57.7 Å². The molecule has 50 valence electrons. The van der Waals surface area contributed by atoms with Crippen molar-refractivity contribution in [1.82, 2.24) is 0 Å². The molecule has 1 nitrogen and oxygen atoms in total. The highest BCUT2D eigenvalue weighted by Crippen LogP contribution is 2.39. The molecular formula is C5H13NS2. The van der Waals surface area contributed by atoms with Crippen LogP contribution in [0, 0.1) is 0 Å². The summed E-state index contributed by atoms with van der Waals surface area (Å²) in [6.07, 6.45) is 0. The average molecular weight is 151 g/mol. The Hall–Kier alpha value is 0.660. The van der Waals surface area contributed by atoms with Crippen LogP contribution in [0.1, 0.15) is 6.92 Å². The Morgan fingerprint density at radius 1 is 1.75 bits per heavy atom. The molecule has 2 unspecified atom stereocenters. The van der Waals surface area contributed by atoms with Crippen LogP contribution in [-0.4, -0.2) is 22.0 Å². The molecule has 0 spiro atoms. The van der Waals surface area contributed by atoms with Crippen LogP contribution in [0.4, 0.5) is 0 Å². The van der Waals surface area contributed by atoms with Crippen molar-refractivity contribution in [2.45, 2.75) is 12.3 Å². The summed E-state index contributed by atoms with van der Waals surface area (Å²) in [7, 11) is 0.237. The SMILES string of the molecule is CC(N)[SH]1CCSC1. The smallest absolute Gasteiger partial charge is 0.0305 e. The average Bonchev–Trinajstić information content (AvgIpc) is 2.12. The molecule has 2 N–H and O–H groups in total. The zero-order valence-corrected chi connectivity index (χ0v) is 6.84. The highest BCUT2D eigenvalue weighted by Gasteiger charge is 2.13. The summed E-state index contributed by atoms with van der Waals surface area (Å²) in [4.78, 5) is 0. The molecule has 3 heteroatoms. The largest absolute Gasteiger partial charge is 0.321 e. The van der Waals surface area contributed by atoms with E-state index in [1.165, 1.54) is 16.6 Å². The van der Waals surface area contributed by atoms with Gasteiger partial charge in [0.15, 0.2) is 0 Å². The maximum atomic E-state index is 5.71. The van der Waals surface area contributed by atoms with E-state index in [9.17, 15) is 0 Å². The molecule has 0 aliphatic carbocycles. The minimum Gasteiger partial charge on any atom is -0.321 e. The summed E-state index contributed by atoms with van der Waals surface area (Å²) >= 11 is 2.06. The van der Waals surface area contributed by atoms with Gasteiger partial charge in [-0.15, -0.1) is 0 Å². The second-order valence-corrected chi connectivity index (χ2v) is 6.38. The fraction of sp³-hybridized carbons (Fsp3) is 1.00. The molecule has 2 atom stereocenters. The normalized spacial score (nSPS) is 37.5. The van der Waals surface area contributed by atoms with E-state index < -0.39 is 0 Å². The molecule has 1 rings (SSSR count). The lowest BCUT2D eigenvalue weighted by Gasteiger charge is -2.16. The quantitative estimate of drug-likeness (QED) is 0.547. The van der Waals surface area contributed by atoms with Crippen LogP contribution < -0.4 is 5.73 Å². The van der Waals surface area contributed by atoms with E-state index in [2.05, 4.69) is 18.7 Å². The Morgan fingerprint density at radius 2 is 2.50 bits per heavy atom. The molecule has 0 aromatic rings. The zero-order valence-electron chi connectivity index (χ0n) is 5.13. The first kappa shape index (κ1) is 6.78. The van der Waals surface area contributed by atoms with Gasteiger partial charge >= 0.3 is 0 Å². The second kappa shape index (κ2) is 2.99. The first-order chi connectivity index (χ1) is 3.80. The highest BCUT2D eigenvalue weighted by molar-refractivity contribution is 8.29. The van der Waals surface area contributed by atoms with Gasteiger partial charge in [0.1, 0.15) is 0 Å². The van der Waals surface area contributed by atoms with Gasteiger partial charge in [-0.05, 0) is 12.7 Å². The summed E-state index contributed by atoms with van der Waals surface area (Å²) in [6.45, 7) is 2.14. The minimum absolute atomic E-state index is 0.237. The fourth-order valence-corrected chi connectivity index (χ4v) is 5.52. The van der Waals surface area contributed by atoms with Crippen molar-refractivity contribution in [3.05, 3.63) is 0 Å². The van der Waals surface area contributed by atoms with E-state index in [0.717, 1.165) is 0 Å². The molecule has 1 heterocycles. The van der Waals surface area contributed by atoms with Crippen LogP contribution in [0.2, 0.25) is 0 Å². The van der Waals surface area contributed by atoms with E-state index in [-0.39, 0.29) is 10.9 Å². The summed E-state index contributed by atoms with van der Waals surface area (Å²) in [5, 5.41) is 1.84. The second-order valence-electron chi connectivity index (χ2n) is 2.09. The summed E-state index contributed by atoms with van der Waals surface area (Å²) < 4.78 is 0. The zero-order chi connectivity index (χ0) is 5.98. The molecule has 1 aliphatic rings. The van der Waals surface area contributed by atoms with Gasteiger partial charge in [0, 0.05) is 16.2 Å². The van der Waals surface area contributed by atoms with Crippen molar-refractivity contribution in [3.8, 4) is 0 Å². The topological polar surface area (TPSA) is 26.0 Å². The van der Waals surface area contributed by atoms with Crippen molar-refractivity contribution in [1.29, 1.82) is 0 Å². The summed E-state index contributed by atoms with van der Waals surface area (Å²) in [5.74, 6) is 2.75. The third kappa shape index (κ3) is 1.57. The van der Waals surface area contributed by atoms with E-state index >= 15 is 0 Å². The van der Waals surface area contributed by atoms with Gasteiger partial charge < -0.3 is 5.73 Å². The molecule has 1 saturated heterocycles. The number of thiol groups is 1. The molecule has 0 amide bonds. The lowest BCUT2D eigenvalue weighted by atomic mass is 10.8. The van der Waals surface area contributed by atoms with Gasteiger partial charge in [-0.3, -0.25) is 0 Å². The van der Waals surface area contributed by atoms with Crippen molar-refractivity contribution in [3.63, 3.8) is 0 Å². The molecule has 0 aromatic heterocycles. The van der Waals surface area contributed by atoms with Crippen molar-refractivity contribution < 1.29 is 0 Å². The van der Waals surface area contributed by atoms with Crippen LogP contribution >= 0.6 is 22.7 Å². The Kier molecular flexibility index (Phi) is 2.53. The van der Waals surface area contributed by atoms with Gasteiger partial charge in [-0.2, -0.15) is 11.8 Å². The predicted molar refractivity (Wildman–Crippen MR) is 44.8 cm³/mol. The number of thioether (sulfide) groups is 1. The molecule has 0 aromatic carbocycles. The van der Waals surface area contributed by atoms with Gasteiger partial charge in [0.2, 0.25) is 0 Å². The van der Waals surface area contributed by atoms with E-state index in [1.807, 2.05) is 0 Å². The number of hydrogen-bond donors (Lipinski definition) is 2. The monoisotopic (exact) mass is 151 g/mol. The van der Waals surface area contributed by atoms with E-state index in [0.29, 0.717) is 5.37 Å². The number of nitrogens with two attached hydrogens (primary N) is 1.